The zero-order valence-electron chi connectivity index (χ0n) is 15.5. The summed E-state index contributed by atoms with van der Waals surface area (Å²) in [6.07, 6.45) is -5.25. The van der Waals surface area contributed by atoms with E-state index in [1.54, 1.807) is 47.8 Å². The number of nitrogens with one attached hydrogen (secondary N) is 2. The molecule has 158 valence electrons. The summed E-state index contributed by atoms with van der Waals surface area (Å²) >= 11 is 0.893. The Kier molecular flexibility index (Phi) is 6.11. The van der Waals surface area contributed by atoms with E-state index in [-0.39, 0.29) is 10.9 Å². The molecule has 11 heteroatoms. The van der Waals surface area contributed by atoms with Crippen molar-refractivity contribution in [3.8, 4) is 5.75 Å². The molecule has 2 N–H and O–H groups in total. The van der Waals surface area contributed by atoms with Gasteiger partial charge in [0.2, 0.25) is 0 Å². The van der Waals surface area contributed by atoms with E-state index in [2.05, 4.69) is 9.72 Å². The van der Waals surface area contributed by atoms with Gasteiger partial charge in [0, 0.05) is 0 Å². The van der Waals surface area contributed by atoms with Gasteiger partial charge in [0.1, 0.15) is 5.75 Å². The van der Waals surface area contributed by atoms with E-state index < -0.39 is 30.3 Å². The quantitative estimate of drug-likeness (QED) is 0.434. The number of thiazole rings is 1. The van der Waals surface area contributed by atoms with Crippen molar-refractivity contribution in [3.05, 3.63) is 54.6 Å². The monoisotopic (exact) mass is 439 g/mol. The lowest BCUT2D eigenvalue weighted by Crippen LogP contribution is -2.69. The fraction of sp³-hybridized carbons (Fsp3) is 0.211. The lowest BCUT2D eigenvalue weighted by atomic mass is 10.1. The van der Waals surface area contributed by atoms with Crippen LogP contribution >= 0.6 is 11.3 Å². The van der Waals surface area contributed by atoms with E-state index in [1.165, 1.54) is 12.1 Å². The molecule has 0 aliphatic carbocycles. The summed E-state index contributed by atoms with van der Waals surface area (Å²) in [7, 11) is 0.787. The first kappa shape index (κ1) is 21.4. The van der Waals surface area contributed by atoms with Crippen molar-refractivity contribution in [3.63, 3.8) is 0 Å². The summed E-state index contributed by atoms with van der Waals surface area (Å²) in [4.78, 5) is 28.5. The molecule has 0 aliphatic heterocycles. The van der Waals surface area contributed by atoms with Crippen LogP contribution in [0.15, 0.2) is 54.6 Å². The molecule has 3 aromatic rings. The number of methoxy groups -OCH3 is 1. The highest BCUT2D eigenvalue weighted by Crippen LogP contribution is 2.35. The number of rotatable bonds is 7. The second-order valence-electron chi connectivity index (χ2n) is 6.00. The minimum absolute atomic E-state index is 0.219. The zero-order valence-corrected chi connectivity index (χ0v) is 16.3. The lowest BCUT2D eigenvalue weighted by Gasteiger charge is -2.33. The number of carbonyl (C=O) groups is 2. The van der Waals surface area contributed by atoms with Gasteiger partial charge in [-0.25, -0.2) is 9.78 Å². The molecule has 0 saturated heterocycles. The average Bonchev–Trinajstić information content (AvgIpc) is 3.13. The second-order valence-corrected chi connectivity index (χ2v) is 7.03. The van der Waals surface area contributed by atoms with Crippen LogP contribution in [0.1, 0.15) is 0 Å². The van der Waals surface area contributed by atoms with Crippen molar-refractivity contribution in [2.45, 2.75) is 11.8 Å². The number of halogens is 3. The number of nitrogens with zero attached hydrogens (tertiary/aromatic N) is 1. The maximum absolute atomic E-state index is 14.0. The number of benzene rings is 2. The zero-order chi connectivity index (χ0) is 21.8. The van der Waals surface area contributed by atoms with Crippen molar-refractivity contribution in [1.82, 2.24) is 10.3 Å². The summed E-state index contributed by atoms with van der Waals surface area (Å²) in [5.74, 6) is -2.65. The molecule has 1 atom stereocenters. The SMILES string of the molecule is COC(=O)[C@](NC(=O)COc1ccccc1)(Nc1nc2ccccc2s1)C(F)(F)F. The standard InChI is InChI=1S/C19H16F3N3O4S/c1-28-16(27)18(19(20,21)22,24-15(26)11-29-12-7-3-2-4-8-12)25-17-23-13-9-5-6-10-14(13)30-17/h2-10H,11H2,1H3,(H,23,25)(H,24,26)/t18-/m0/s1. The van der Waals surface area contributed by atoms with Crippen molar-refractivity contribution in [2.75, 3.05) is 19.0 Å². The molecule has 0 saturated carbocycles. The highest BCUT2D eigenvalue weighted by Gasteiger charge is 2.64. The van der Waals surface area contributed by atoms with E-state index in [1.807, 2.05) is 5.32 Å². The molecule has 2 aromatic carbocycles. The Morgan fingerprint density at radius 3 is 2.37 bits per heavy atom. The van der Waals surface area contributed by atoms with Crippen LogP contribution in [0.25, 0.3) is 10.2 Å². The first-order valence-corrected chi connectivity index (χ1v) is 9.34. The molecule has 3 rings (SSSR count). The first-order chi connectivity index (χ1) is 14.2. The number of hydrogen-bond donors (Lipinski definition) is 2. The number of carbonyl (C=O) groups excluding carboxylic acids is 2. The number of aromatic nitrogens is 1. The Balaban J connectivity index is 1.88. The molecule has 1 amide bonds. The van der Waals surface area contributed by atoms with Gasteiger partial charge in [-0.15, -0.1) is 0 Å². The molecule has 1 aromatic heterocycles. The van der Waals surface area contributed by atoms with Crippen LogP contribution in [-0.4, -0.2) is 42.4 Å². The lowest BCUT2D eigenvalue weighted by molar-refractivity contribution is -0.206. The minimum atomic E-state index is -5.25. The Labute approximate surface area is 172 Å². The largest absolute Gasteiger partial charge is 0.484 e. The smallest absolute Gasteiger partial charge is 0.442 e. The van der Waals surface area contributed by atoms with Gasteiger partial charge in [0.05, 0.1) is 17.3 Å². The van der Waals surface area contributed by atoms with Gasteiger partial charge >= 0.3 is 17.8 Å². The molecule has 7 nitrogen and oxygen atoms in total. The van der Waals surface area contributed by atoms with Crippen LogP contribution in [0.5, 0.6) is 5.75 Å². The van der Waals surface area contributed by atoms with Crippen LogP contribution in [0, 0.1) is 0 Å². The third-order valence-electron chi connectivity index (χ3n) is 3.95. The molecular weight excluding hydrogens is 423 g/mol. The van der Waals surface area contributed by atoms with E-state index >= 15 is 0 Å². The van der Waals surface area contributed by atoms with Crippen LogP contribution < -0.4 is 15.4 Å². The Hall–Kier alpha value is -3.34. The van der Waals surface area contributed by atoms with E-state index in [4.69, 9.17) is 4.74 Å². The van der Waals surface area contributed by atoms with Gasteiger partial charge in [-0.1, -0.05) is 41.7 Å². The molecule has 0 radical (unpaired) electrons. The van der Waals surface area contributed by atoms with Crippen molar-refractivity contribution >= 4 is 38.6 Å². The number of fused-ring (bicyclic) bond motifs is 1. The number of esters is 1. The van der Waals surface area contributed by atoms with Crippen molar-refractivity contribution < 1.29 is 32.2 Å². The topological polar surface area (TPSA) is 89.5 Å². The highest BCUT2D eigenvalue weighted by atomic mass is 32.1. The molecule has 1 heterocycles. The normalized spacial score (nSPS) is 13.3. The molecular formula is C19H16F3N3O4S. The van der Waals surface area contributed by atoms with Gasteiger partial charge in [0.25, 0.3) is 5.91 Å². The van der Waals surface area contributed by atoms with Gasteiger partial charge in [-0.05, 0) is 24.3 Å². The summed E-state index contributed by atoms with van der Waals surface area (Å²) in [5, 5.41) is 3.48. The molecule has 0 aliphatic rings. The second kappa shape index (κ2) is 8.57. The summed E-state index contributed by atoms with van der Waals surface area (Å²) in [6, 6.07) is 14.7. The third-order valence-corrected chi connectivity index (χ3v) is 4.90. The Bertz CT molecular complexity index is 1010. The van der Waals surface area contributed by atoms with Crippen LogP contribution in [0.2, 0.25) is 0 Å². The molecule has 30 heavy (non-hydrogen) atoms. The third kappa shape index (κ3) is 4.46. The maximum atomic E-state index is 14.0. The van der Waals surface area contributed by atoms with Gasteiger partial charge in [-0.2, -0.15) is 13.2 Å². The van der Waals surface area contributed by atoms with E-state index in [0.29, 0.717) is 10.2 Å². The predicted octanol–water partition coefficient (Wildman–Crippen LogP) is 3.34. The van der Waals surface area contributed by atoms with E-state index in [0.717, 1.165) is 18.4 Å². The van der Waals surface area contributed by atoms with E-state index in [9.17, 15) is 22.8 Å². The number of para-hydroxylation sites is 2. The number of anilines is 1. The van der Waals surface area contributed by atoms with Crippen molar-refractivity contribution in [2.24, 2.45) is 0 Å². The number of ether oxygens (including phenoxy) is 2. The van der Waals surface area contributed by atoms with Crippen molar-refractivity contribution in [1.29, 1.82) is 0 Å². The molecule has 0 bridgehead atoms. The Morgan fingerprint density at radius 1 is 1.07 bits per heavy atom. The fourth-order valence-electron chi connectivity index (χ4n) is 2.54. The molecule has 0 unspecified atom stereocenters. The van der Waals surface area contributed by atoms with Gasteiger partial charge in [0.15, 0.2) is 11.7 Å². The average molecular weight is 439 g/mol. The summed E-state index contributed by atoms with van der Waals surface area (Å²) in [5.41, 5.74) is -3.11. The van der Waals surface area contributed by atoms with Crippen LogP contribution in [0.4, 0.5) is 18.3 Å². The Morgan fingerprint density at radius 2 is 1.73 bits per heavy atom. The number of hydrogen-bond acceptors (Lipinski definition) is 7. The predicted molar refractivity (Wildman–Crippen MR) is 104 cm³/mol. The number of alkyl halides is 3. The van der Waals surface area contributed by atoms with Gasteiger partial charge in [-0.3, -0.25) is 4.79 Å². The highest BCUT2D eigenvalue weighted by molar-refractivity contribution is 7.22. The van der Waals surface area contributed by atoms with Gasteiger partial charge < -0.3 is 20.1 Å². The van der Waals surface area contributed by atoms with Crippen LogP contribution in [-0.2, 0) is 14.3 Å². The maximum Gasteiger partial charge on any atom is 0.442 e. The first-order valence-electron chi connectivity index (χ1n) is 8.53. The number of amides is 1. The summed E-state index contributed by atoms with van der Waals surface area (Å²) in [6.45, 7) is -0.750. The molecule has 0 fully saturated rings. The fourth-order valence-corrected chi connectivity index (χ4v) is 3.46. The minimum Gasteiger partial charge on any atom is -0.484 e. The molecule has 0 spiro atoms. The van der Waals surface area contributed by atoms with Crippen LogP contribution in [0.3, 0.4) is 0 Å². The summed E-state index contributed by atoms with van der Waals surface area (Å²) < 4.78 is 52.2.